The molecule has 0 saturated carbocycles. The molecule has 3 aliphatic rings. The van der Waals surface area contributed by atoms with Gasteiger partial charge in [-0.1, -0.05) is 60.7 Å². The molecule has 4 rings (SSSR count). The number of rotatable bonds is 4. The zero-order chi connectivity index (χ0) is 19.7. The van der Waals surface area contributed by atoms with Crippen molar-refractivity contribution >= 4 is 23.8 Å². The second kappa shape index (κ2) is 8.57. The van der Waals surface area contributed by atoms with Crippen molar-refractivity contribution in [3.8, 4) is 11.1 Å². The summed E-state index contributed by atoms with van der Waals surface area (Å²) < 4.78 is 6.01. The third-order valence-electron chi connectivity index (χ3n) is 5.51. The van der Waals surface area contributed by atoms with Gasteiger partial charge in [-0.15, -0.1) is 18.5 Å². The van der Waals surface area contributed by atoms with Crippen molar-refractivity contribution in [1.29, 1.82) is 0 Å². The molecule has 1 heterocycles. The highest BCUT2D eigenvalue weighted by Crippen LogP contribution is 2.39. The third-order valence-corrected chi connectivity index (χ3v) is 6.78. The van der Waals surface area contributed by atoms with Crippen LogP contribution in [0, 0.1) is 0 Å². The zero-order valence-electron chi connectivity index (χ0n) is 15.7. The van der Waals surface area contributed by atoms with Crippen LogP contribution in [0.15, 0.2) is 60.7 Å². The molecule has 1 aliphatic heterocycles. The lowest BCUT2D eigenvalue weighted by atomic mass is 9.94. The Hall–Kier alpha value is -1.34. The first-order valence-corrected chi connectivity index (χ1v) is 10.9. The molecule has 0 aromatic heterocycles. The lowest BCUT2D eigenvalue weighted by Crippen LogP contribution is -2.33. The molecule has 1 aromatic rings. The summed E-state index contributed by atoms with van der Waals surface area (Å²) >= 11 is 0. The van der Waals surface area contributed by atoms with Crippen LogP contribution in [0.2, 0.25) is 0 Å². The van der Waals surface area contributed by atoms with Gasteiger partial charge in [0, 0.05) is 18.5 Å². The normalized spacial score (nSPS) is 23.6. The van der Waals surface area contributed by atoms with Gasteiger partial charge in [0.25, 0.3) is 0 Å². The molecule has 6 unspecified atom stereocenters. The van der Waals surface area contributed by atoms with E-state index in [0.29, 0.717) is 12.8 Å². The molecule has 3 nitrogen and oxygen atoms in total. The highest BCUT2D eigenvalue weighted by atomic mass is 31.0. The van der Waals surface area contributed by atoms with Crippen LogP contribution in [0.5, 0.6) is 0 Å². The average molecular weight is 412 g/mol. The summed E-state index contributed by atoms with van der Waals surface area (Å²) in [5.74, 6) is 0. The molecule has 0 radical (unpaired) electrons. The molecule has 0 amide bonds. The summed E-state index contributed by atoms with van der Waals surface area (Å²) in [6.45, 7) is -0.0636. The Kier molecular flexibility index (Phi) is 6.11. The molecular formula is C23H26O3P2. The topological polar surface area (TPSA) is 49.7 Å². The largest absolute Gasteiger partial charge is 0.394 e. The van der Waals surface area contributed by atoms with Gasteiger partial charge >= 0.3 is 0 Å². The number of ether oxygens (including phenoxy) is 1. The van der Waals surface area contributed by atoms with Crippen LogP contribution in [0.3, 0.4) is 0 Å². The molecule has 28 heavy (non-hydrogen) atoms. The van der Waals surface area contributed by atoms with Crippen LogP contribution < -0.4 is 5.30 Å². The zero-order valence-corrected chi connectivity index (χ0v) is 18.0. The Balaban J connectivity index is 1.66. The van der Waals surface area contributed by atoms with Gasteiger partial charge in [-0.2, -0.15) is 0 Å². The predicted molar refractivity (Wildman–Crippen MR) is 120 cm³/mol. The van der Waals surface area contributed by atoms with Gasteiger partial charge in [-0.25, -0.2) is 0 Å². The number of benzene rings is 1. The van der Waals surface area contributed by atoms with Crippen LogP contribution in [-0.2, 0) is 4.74 Å². The summed E-state index contributed by atoms with van der Waals surface area (Å²) in [6, 6.07) is 21.3. The predicted octanol–water partition coefficient (Wildman–Crippen LogP) is 3.83. The maximum Gasteiger partial charge on any atom is 0.0854 e. The van der Waals surface area contributed by atoms with Crippen molar-refractivity contribution in [2.75, 3.05) is 6.61 Å². The standard InChI is InChI=1S/C23H26O3P2/c24-13-19-11-18(25)12-21(26-19)16-6-7-22(27)20(10-16)23(28)17-8-14-4-2-1-3-5-15(14)9-17/h1-10,18-19,21,23-25H,11-13,27-28H2. The first-order valence-electron chi connectivity index (χ1n) is 9.63. The van der Waals surface area contributed by atoms with E-state index in [0.717, 1.165) is 10.9 Å². The fraction of sp³-hybridized carbons (Fsp3) is 0.304. The number of fused-ring (bicyclic) bond motifs is 1. The molecule has 0 bridgehead atoms. The molecule has 5 heteroatoms. The first kappa shape index (κ1) is 20.0. The SMILES string of the molecule is OCC1CC(O)CC(c2ccc(P)c(C(P)c3cc4cccccc-4c3)c2)O1. The molecule has 1 saturated heterocycles. The van der Waals surface area contributed by atoms with Gasteiger partial charge in [0.1, 0.15) is 0 Å². The van der Waals surface area contributed by atoms with E-state index in [1.54, 1.807) is 0 Å². The monoisotopic (exact) mass is 412 g/mol. The molecular weight excluding hydrogens is 386 g/mol. The fourth-order valence-electron chi connectivity index (χ4n) is 3.98. The number of aliphatic hydroxyl groups excluding tert-OH is 2. The second-order valence-electron chi connectivity index (χ2n) is 7.53. The van der Waals surface area contributed by atoms with E-state index in [2.05, 4.69) is 73.1 Å². The molecule has 1 fully saturated rings. The van der Waals surface area contributed by atoms with E-state index in [9.17, 15) is 10.2 Å². The number of hydrogen-bond donors (Lipinski definition) is 2. The molecule has 146 valence electrons. The van der Waals surface area contributed by atoms with Crippen molar-refractivity contribution in [1.82, 2.24) is 0 Å². The third kappa shape index (κ3) is 4.15. The minimum Gasteiger partial charge on any atom is -0.394 e. The highest BCUT2D eigenvalue weighted by Gasteiger charge is 2.29. The van der Waals surface area contributed by atoms with Gasteiger partial charge in [0.05, 0.1) is 24.9 Å². The highest BCUT2D eigenvalue weighted by molar-refractivity contribution is 7.27. The maximum absolute atomic E-state index is 10.2. The lowest BCUT2D eigenvalue weighted by molar-refractivity contribution is -0.113. The van der Waals surface area contributed by atoms with Crippen LogP contribution >= 0.6 is 18.5 Å². The minimum atomic E-state index is -0.442. The van der Waals surface area contributed by atoms with E-state index < -0.39 is 6.10 Å². The first-order chi connectivity index (χ1) is 13.5. The summed E-state index contributed by atoms with van der Waals surface area (Å²) in [5.41, 5.74) is 6.14. The average Bonchev–Trinajstić information content (AvgIpc) is 2.97. The van der Waals surface area contributed by atoms with E-state index in [4.69, 9.17) is 4.74 Å². The Morgan fingerprint density at radius 3 is 2.39 bits per heavy atom. The summed E-state index contributed by atoms with van der Waals surface area (Å²) in [7, 11) is 5.79. The fourth-order valence-corrected chi connectivity index (χ4v) is 5.02. The lowest BCUT2D eigenvalue weighted by Gasteiger charge is -2.33. The Morgan fingerprint density at radius 1 is 1.00 bits per heavy atom. The van der Waals surface area contributed by atoms with E-state index in [1.165, 1.54) is 22.3 Å². The van der Waals surface area contributed by atoms with Gasteiger partial charge in [-0.3, -0.25) is 0 Å². The van der Waals surface area contributed by atoms with Gasteiger partial charge in [-0.05, 0) is 33.1 Å². The summed E-state index contributed by atoms with van der Waals surface area (Å²) in [6.07, 6.45) is 0.111. The van der Waals surface area contributed by atoms with Crippen molar-refractivity contribution in [2.45, 2.75) is 36.8 Å². The van der Waals surface area contributed by atoms with Crippen LogP contribution in [-0.4, -0.2) is 29.0 Å². The Labute approximate surface area is 170 Å². The van der Waals surface area contributed by atoms with Crippen LogP contribution in [0.1, 0.15) is 41.3 Å². The molecule has 2 aliphatic carbocycles. The van der Waals surface area contributed by atoms with Crippen molar-refractivity contribution in [3.05, 3.63) is 77.4 Å². The number of hydrogen-bond acceptors (Lipinski definition) is 3. The minimum absolute atomic E-state index is 0.0636. The van der Waals surface area contributed by atoms with E-state index >= 15 is 0 Å². The Morgan fingerprint density at radius 2 is 1.71 bits per heavy atom. The van der Waals surface area contributed by atoms with E-state index in [1.807, 2.05) is 6.07 Å². The van der Waals surface area contributed by atoms with Crippen LogP contribution in [0.4, 0.5) is 0 Å². The van der Waals surface area contributed by atoms with Crippen molar-refractivity contribution < 1.29 is 14.9 Å². The van der Waals surface area contributed by atoms with Gasteiger partial charge in [0.2, 0.25) is 0 Å². The summed E-state index contributed by atoms with van der Waals surface area (Å²) in [5, 5.41) is 20.8. The molecule has 2 N–H and O–H groups in total. The van der Waals surface area contributed by atoms with E-state index in [-0.39, 0.29) is 24.5 Å². The maximum atomic E-state index is 10.2. The number of aliphatic hydroxyl groups is 2. The smallest absolute Gasteiger partial charge is 0.0854 e. The Bertz CT molecular complexity index is 899. The second-order valence-corrected chi connectivity index (χ2v) is 8.82. The molecule has 6 atom stereocenters. The van der Waals surface area contributed by atoms with Crippen LogP contribution in [0.25, 0.3) is 11.1 Å². The molecule has 0 spiro atoms. The van der Waals surface area contributed by atoms with Crippen molar-refractivity contribution in [3.63, 3.8) is 0 Å². The van der Waals surface area contributed by atoms with Gasteiger partial charge < -0.3 is 14.9 Å². The summed E-state index contributed by atoms with van der Waals surface area (Å²) in [4.78, 5) is 0. The molecule has 1 aromatic carbocycles. The quantitative estimate of drug-likeness (QED) is 0.641. The van der Waals surface area contributed by atoms with Crippen molar-refractivity contribution in [2.24, 2.45) is 0 Å². The van der Waals surface area contributed by atoms with Gasteiger partial charge in [0.15, 0.2) is 0 Å².